The lowest BCUT2D eigenvalue weighted by Gasteiger charge is -2.24. The number of amides is 1. The Labute approximate surface area is 153 Å². The Hall–Kier alpha value is -2.59. The molecule has 2 unspecified atom stereocenters. The van der Waals surface area contributed by atoms with Gasteiger partial charge in [-0.2, -0.15) is 0 Å². The third-order valence-corrected chi connectivity index (χ3v) is 5.14. The number of nitrogens with zero attached hydrogens (tertiary/aromatic N) is 1. The van der Waals surface area contributed by atoms with Crippen LogP contribution < -0.4 is 5.32 Å². The molecule has 4 rings (SSSR count). The fourth-order valence-corrected chi connectivity index (χ4v) is 3.83. The second-order valence-electron chi connectivity index (χ2n) is 7.01. The number of hydrogen-bond donors (Lipinski definition) is 1. The zero-order valence-corrected chi connectivity index (χ0v) is 15.0. The number of rotatable bonds is 5. The summed E-state index contributed by atoms with van der Waals surface area (Å²) in [5.74, 6) is 0.835. The zero-order chi connectivity index (χ0) is 17.9. The van der Waals surface area contributed by atoms with E-state index in [1.807, 2.05) is 43.3 Å². The summed E-state index contributed by atoms with van der Waals surface area (Å²) < 4.78 is 5.86. The maximum absolute atomic E-state index is 12.6. The van der Waals surface area contributed by atoms with Gasteiger partial charge in [0.25, 0.3) is 0 Å². The monoisotopic (exact) mass is 348 g/mol. The summed E-state index contributed by atoms with van der Waals surface area (Å²) in [5, 5.41) is 4.14. The predicted molar refractivity (Wildman–Crippen MR) is 103 cm³/mol. The number of furan rings is 1. The van der Waals surface area contributed by atoms with E-state index < -0.39 is 0 Å². The fraction of sp³-hybridized carbons (Fsp3) is 0.318. The van der Waals surface area contributed by atoms with Crippen molar-refractivity contribution in [2.75, 3.05) is 13.1 Å². The number of para-hydroxylation sites is 1. The molecule has 0 radical (unpaired) electrons. The SMILES string of the molecule is CC(NC(=O)CN1CCCC1c1ccccc1)c1cc2ccccc2o1. The molecule has 26 heavy (non-hydrogen) atoms. The van der Waals surface area contributed by atoms with Gasteiger partial charge in [0, 0.05) is 11.4 Å². The minimum absolute atomic E-state index is 0.0424. The van der Waals surface area contributed by atoms with Gasteiger partial charge in [-0.05, 0) is 44.0 Å². The van der Waals surface area contributed by atoms with Crippen molar-refractivity contribution in [2.45, 2.75) is 31.8 Å². The summed E-state index contributed by atoms with van der Waals surface area (Å²) in [6.07, 6.45) is 2.24. The third kappa shape index (κ3) is 3.51. The number of carbonyl (C=O) groups is 1. The van der Waals surface area contributed by atoms with Crippen LogP contribution in [0.3, 0.4) is 0 Å². The lowest BCUT2D eigenvalue weighted by molar-refractivity contribution is -0.123. The largest absolute Gasteiger partial charge is 0.459 e. The molecule has 3 aromatic rings. The Morgan fingerprint density at radius 3 is 2.77 bits per heavy atom. The number of fused-ring (bicyclic) bond motifs is 1. The highest BCUT2D eigenvalue weighted by Crippen LogP contribution is 2.31. The van der Waals surface area contributed by atoms with Crippen LogP contribution in [-0.2, 0) is 4.79 Å². The summed E-state index contributed by atoms with van der Waals surface area (Å²) in [6, 6.07) is 20.6. The van der Waals surface area contributed by atoms with Gasteiger partial charge < -0.3 is 9.73 Å². The van der Waals surface area contributed by atoms with E-state index in [2.05, 4.69) is 34.5 Å². The molecule has 1 aliphatic heterocycles. The molecule has 0 spiro atoms. The van der Waals surface area contributed by atoms with Crippen LogP contribution in [0.25, 0.3) is 11.0 Å². The van der Waals surface area contributed by atoms with Crippen LogP contribution in [0.4, 0.5) is 0 Å². The van der Waals surface area contributed by atoms with Gasteiger partial charge in [0.2, 0.25) is 5.91 Å². The average Bonchev–Trinajstić information content (AvgIpc) is 3.29. The molecule has 1 aliphatic rings. The topological polar surface area (TPSA) is 45.5 Å². The van der Waals surface area contributed by atoms with Crippen molar-refractivity contribution in [3.05, 3.63) is 72.0 Å². The molecule has 1 saturated heterocycles. The Morgan fingerprint density at radius 2 is 1.96 bits per heavy atom. The first-order chi connectivity index (χ1) is 12.7. The van der Waals surface area contributed by atoms with Crippen molar-refractivity contribution >= 4 is 16.9 Å². The van der Waals surface area contributed by atoms with E-state index in [-0.39, 0.29) is 11.9 Å². The molecule has 4 heteroatoms. The highest BCUT2D eigenvalue weighted by Gasteiger charge is 2.28. The first-order valence-electron chi connectivity index (χ1n) is 9.27. The van der Waals surface area contributed by atoms with Gasteiger partial charge in [-0.15, -0.1) is 0 Å². The molecular weight excluding hydrogens is 324 g/mol. The first kappa shape index (κ1) is 16.9. The summed E-state index contributed by atoms with van der Waals surface area (Å²) >= 11 is 0. The average molecular weight is 348 g/mol. The van der Waals surface area contributed by atoms with Crippen LogP contribution in [0.2, 0.25) is 0 Å². The minimum atomic E-state index is -0.146. The molecule has 2 heterocycles. The van der Waals surface area contributed by atoms with Crippen molar-refractivity contribution in [3.63, 3.8) is 0 Å². The Bertz CT molecular complexity index is 854. The maximum atomic E-state index is 12.6. The van der Waals surface area contributed by atoms with Crippen molar-refractivity contribution < 1.29 is 9.21 Å². The standard InChI is InChI=1S/C22H24N2O2/c1-16(21-14-18-10-5-6-12-20(18)26-21)23-22(25)15-24-13-7-11-19(24)17-8-3-2-4-9-17/h2-6,8-10,12,14,16,19H,7,11,13,15H2,1H3,(H,23,25). The predicted octanol–water partition coefficient (Wildman–Crippen LogP) is 4.45. The second kappa shape index (κ2) is 7.34. The number of benzene rings is 2. The van der Waals surface area contributed by atoms with Gasteiger partial charge in [0.05, 0.1) is 12.6 Å². The third-order valence-electron chi connectivity index (χ3n) is 5.14. The molecule has 1 amide bonds. The van der Waals surface area contributed by atoms with Crippen LogP contribution >= 0.6 is 0 Å². The number of likely N-dealkylation sites (tertiary alicyclic amines) is 1. The molecule has 1 aromatic heterocycles. The van der Waals surface area contributed by atoms with E-state index in [1.165, 1.54) is 5.56 Å². The molecule has 2 aromatic carbocycles. The van der Waals surface area contributed by atoms with Gasteiger partial charge in [-0.1, -0.05) is 48.5 Å². The maximum Gasteiger partial charge on any atom is 0.234 e. The van der Waals surface area contributed by atoms with Gasteiger partial charge >= 0.3 is 0 Å². The van der Waals surface area contributed by atoms with Gasteiger partial charge in [0.1, 0.15) is 11.3 Å². The highest BCUT2D eigenvalue weighted by atomic mass is 16.3. The summed E-state index contributed by atoms with van der Waals surface area (Å²) in [7, 11) is 0. The van der Waals surface area contributed by atoms with Crippen molar-refractivity contribution in [3.8, 4) is 0 Å². The van der Waals surface area contributed by atoms with E-state index in [9.17, 15) is 4.79 Å². The quantitative estimate of drug-likeness (QED) is 0.741. The van der Waals surface area contributed by atoms with E-state index >= 15 is 0 Å². The summed E-state index contributed by atoms with van der Waals surface area (Å²) in [4.78, 5) is 14.9. The Balaban J connectivity index is 1.40. The summed E-state index contributed by atoms with van der Waals surface area (Å²) in [6.45, 7) is 3.35. The highest BCUT2D eigenvalue weighted by molar-refractivity contribution is 5.80. The van der Waals surface area contributed by atoms with E-state index in [0.29, 0.717) is 12.6 Å². The van der Waals surface area contributed by atoms with Crippen LogP contribution in [0, 0.1) is 0 Å². The van der Waals surface area contributed by atoms with Crippen molar-refractivity contribution in [2.24, 2.45) is 0 Å². The van der Waals surface area contributed by atoms with Crippen LogP contribution in [-0.4, -0.2) is 23.9 Å². The van der Waals surface area contributed by atoms with Crippen molar-refractivity contribution in [1.29, 1.82) is 0 Å². The minimum Gasteiger partial charge on any atom is -0.459 e. The number of nitrogens with one attached hydrogen (secondary N) is 1. The van der Waals surface area contributed by atoms with Crippen molar-refractivity contribution in [1.82, 2.24) is 10.2 Å². The number of hydrogen-bond acceptors (Lipinski definition) is 3. The molecule has 2 atom stereocenters. The van der Waals surface area contributed by atoms with Crippen LogP contribution in [0.1, 0.15) is 43.2 Å². The van der Waals surface area contributed by atoms with Gasteiger partial charge in [0.15, 0.2) is 0 Å². The Morgan fingerprint density at radius 1 is 1.19 bits per heavy atom. The molecule has 0 aliphatic carbocycles. The van der Waals surface area contributed by atoms with Gasteiger partial charge in [-0.3, -0.25) is 9.69 Å². The zero-order valence-electron chi connectivity index (χ0n) is 15.0. The Kier molecular flexibility index (Phi) is 4.76. The van der Waals surface area contributed by atoms with Crippen LogP contribution in [0.5, 0.6) is 0 Å². The second-order valence-corrected chi connectivity index (χ2v) is 7.01. The van der Waals surface area contributed by atoms with E-state index in [0.717, 1.165) is 36.1 Å². The summed E-state index contributed by atoms with van der Waals surface area (Å²) in [5.41, 5.74) is 2.15. The smallest absolute Gasteiger partial charge is 0.234 e. The molecule has 1 N–H and O–H groups in total. The molecule has 4 nitrogen and oxygen atoms in total. The molecule has 0 bridgehead atoms. The van der Waals surface area contributed by atoms with E-state index in [1.54, 1.807) is 0 Å². The lowest BCUT2D eigenvalue weighted by atomic mass is 10.0. The van der Waals surface area contributed by atoms with Crippen LogP contribution in [0.15, 0.2) is 65.1 Å². The normalized spacial score (nSPS) is 18.9. The molecule has 0 saturated carbocycles. The fourth-order valence-electron chi connectivity index (χ4n) is 3.83. The molecular formula is C22H24N2O2. The number of carbonyl (C=O) groups excluding carboxylic acids is 1. The van der Waals surface area contributed by atoms with Gasteiger partial charge in [-0.25, -0.2) is 0 Å². The molecule has 1 fully saturated rings. The molecule has 134 valence electrons. The van der Waals surface area contributed by atoms with E-state index in [4.69, 9.17) is 4.42 Å². The lowest BCUT2D eigenvalue weighted by Crippen LogP contribution is -2.38. The first-order valence-corrected chi connectivity index (χ1v) is 9.27.